The molecule has 0 saturated heterocycles. The van der Waals surface area contributed by atoms with Crippen molar-refractivity contribution in [3.8, 4) is 0 Å². The predicted molar refractivity (Wildman–Crippen MR) is 134 cm³/mol. The quantitative estimate of drug-likeness (QED) is 0.110. The van der Waals surface area contributed by atoms with Crippen LogP contribution >= 0.6 is 0 Å². The first-order valence-corrected chi connectivity index (χ1v) is 12.1. The Labute approximate surface area is 196 Å². The van der Waals surface area contributed by atoms with E-state index in [1.807, 2.05) is 0 Å². The van der Waals surface area contributed by atoms with Crippen LogP contribution in [-0.4, -0.2) is 25.2 Å². The topological polar surface area (TPSA) is 52.6 Å². The van der Waals surface area contributed by atoms with E-state index in [1.54, 1.807) is 0 Å². The first kappa shape index (κ1) is 29.6. The van der Waals surface area contributed by atoms with Crippen LogP contribution in [0.1, 0.15) is 90.9 Å². The van der Waals surface area contributed by atoms with Crippen molar-refractivity contribution >= 4 is 11.9 Å². The van der Waals surface area contributed by atoms with Gasteiger partial charge in [0.1, 0.15) is 0 Å². The number of rotatable bonds is 20. The average molecular weight is 445 g/mol. The molecule has 0 fully saturated rings. The average Bonchev–Trinajstić information content (AvgIpc) is 2.75. The van der Waals surface area contributed by atoms with Crippen molar-refractivity contribution in [2.45, 2.75) is 90.9 Å². The van der Waals surface area contributed by atoms with Crippen LogP contribution in [0, 0.1) is 0 Å². The van der Waals surface area contributed by atoms with Crippen LogP contribution in [0.2, 0.25) is 0 Å². The van der Waals surface area contributed by atoms with Crippen LogP contribution in [-0.2, 0) is 19.1 Å². The second-order valence-electron chi connectivity index (χ2n) is 7.63. The molecule has 0 bridgehead atoms. The van der Waals surface area contributed by atoms with Crippen molar-refractivity contribution in [2.75, 3.05) is 13.2 Å². The minimum atomic E-state index is -0.201. The van der Waals surface area contributed by atoms with E-state index in [0.29, 0.717) is 13.2 Å². The molecule has 0 heterocycles. The van der Waals surface area contributed by atoms with Crippen molar-refractivity contribution in [1.82, 2.24) is 0 Å². The fourth-order valence-electron chi connectivity index (χ4n) is 2.78. The fraction of sp³-hybridized carbons (Fsp3) is 0.571. The third-order valence-electron chi connectivity index (χ3n) is 4.47. The molecule has 0 N–H and O–H groups in total. The van der Waals surface area contributed by atoms with Gasteiger partial charge in [0.05, 0.1) is 13.2 Å². The van der Waals surface area contributed by atoms with Crippen LogP contribution in [0.3, 0.4) is 0 Å². The van der Waals surface area contributed by atoms with E-state index in [2.05, 4.69) is 60.8 Å². The lowest BCUT2D eigenvalue weighted by atomic mass is 10.2. The van der Waals surface area contributed by atoms with E-state index >= 15 is 0 Å². The second kappa shape index (κ2) is 24.9. The van der Waals surface area contributed by atoms with Gasteiger partial charge in [-0.25, -0.2) is 0 Å². The third-order valence-corrected chi connectivity index (χ3v) is 4.47. The van der Waals surface area contributed by atoms with Crippen LogP contribution < -0.4 is 0 Å². The van der Waals surface area contributed by atoms with Crippen molar-refractivity contribution in [2.24, 2.45) is 0 Å². The molecule has 32 heavy (non-hydrogen) atoms. The number of ether oxygens (including phenoxy) is 2. The molecule has 0 unspecified atom stereocenters. The van der Waals surface area contributed by atoms with Gasteiger partial charge in [-0.1, -0.05) is 60.8 Å². The number of hydrogen-bond acceptors (Lipinski definition) is 4. The molecule has 0 aliphatic heterocycles. The monoisotopic (exact) mass is 444 g/mol. The maximum absolute atomic E-state index is 10.6. The zero-order chi connectivity index (χ0) is 23.5. The molecule has 0 atom stereocenters. The Balaban J connectivity index is 3.39. The largest absolute Gasteiger partial charge is 0.466 e. The smallest absolute Gasteiger partial charge is 0.302 e. The maximum atomic E-state index is 10.6. The van der Waals surface area contributed by atoms with Crippen molar-refractivity contribution in [3.05, 3.63) is 60.8 Å². The van der Waals surface area contributed by atoms with E-state index < -0.39 is 0 Å². The van der Waals surface area contributed by atoms with E-state index in [4.69, 9.17) is 9.47 Å². The molecule has 0 amide bonds. The number of unbranched alkanes of at least 4 members (excludes halogenated alkanes) is 6. The minimum absolute atomic E-state index is 0.201. The fourth-order valence-corrected chi connectivity index (χ4v) is 2.78. The molecule has 0 aromatic heterocycles. The predicted octanol–water partition coefficient (Wildman–Crippen LogP) is 7.57. The minimum Gasteiger partial charge on any atom is -0.466 e. The van der Waals surface area contributed by atoms with E-state index in [-0.39, 0.29) is 11.9 Å². The number of hydrogen-bond donors (Lipinski definition) is 0. The Morgan fingerprint density at radius 1 is 0.438 bits per heavy atom. The summed E-state index contributed by atoms with van der Waals surface area (Å²) in [6, 6.07) is 0. The Morgan fingerprint density at radius 2 is 0.656 bits per heavy atom. The summed E-state index contributed by atoms with van der Waals surface area (Å²) in [6.07, 6.45) is 34.8. The van der Waals surface area contributed by atoms with Gasteiger partial charge in [0, 0.05) is 13.8 Å². The highest BCUT2D eigenvalue weighted by molar-refractivity contribution is 5.66. The third kappa shape index (κ3) is 27.6. The maximum Gasteiger partial charge on any atom is 0.302 e. The Morgan fingerprint density at radius 3 is 0.875 bits per heavy atom. The first-order valence-electron chi connectivity index (χ1n) is 12.1. The Hall–Kier alpha value is -2.36. The molecule has 0 rings (SSSR count). The summed E-state index contributed by atoms with van der Waals surface area (Å²) in [7, 11) is 0. The molecule has 4 heteroatoms. The van der Waals surface area contributed by atoms with Crippen molar-refractivity contribution in [3.63, 3.8) is 0 Å². The van der Waals surface area contributed by atoms with E-state index in [1.165, 1.54) is 13.8 Å². The Bertz CT molecular complexity index is 545. The van der Waals surface area contributed by atoms with Gasteiger partial charge < -0.3 is 9.47 Å². The number of carbonyl (C=O) groups excluding carboxylic acids is 2. The molecular formula is C28H44O4. The molecule has 0 aliphatic rings. The lowest BCUT2D eigenvalue weighted by Gasteiger charge is -1.98. The van der Waals surface area contributed by atoms with Crippen molar-refractivity contribution < 1.29 is 19.1 Å². The van der Waals surface area contributed by atoms with Gasteiger partial charge in [-0.05, 0) is 77.0 Å². The lowest BCUT2D eigenvalue weighted by Crippen LogP contribution is -1.99. The summed E-state index contributed by atoms with van der Waals surface area (Å²) >= 11 is 0. The summed E-state index contributed by atoms with van der Waals surface area (Å²) in [4.78, 5) is 21.2. The molecule has 4 nitrogen and oxygen atoms in total. The molecule has 0 aliphatic carbocycles. The molecule has 0 aromatic rings. The Kier molecular flexibility index (Phi) is 23.1. The highest BCUT2D eigenvalue weighted by atomic mass is 16.5. The van der Waals surface area contributed by atoms with E-state index in [0.717, 1.165) is 77.0 Å². The SMILES string of the molecule is CC(=O)OCCC/C=C\CC/C=C\CC/C=C\CC/C=C\CC/C=C\CCCOC(C)=O. The molecular weight excluding hydrogens is 400 g/mol. The van der Waals surface area contributed by atoms with Gasteiger partial charge in [-0.15, -0.1) is 0 Å². The number of carbonyl (C=O) groups is 2. The number of esters is 2. The second-order valence-corrected chi connectivity index (χ2v) is 7.63. The van der Waals surface area contributed by atoms with Gasteiger partial charge in [0.25, 0.3) is 0 Å². The van der Waals surface area contributed by atoms with E-state index in [9.17, 15) is 9.59 Å². The zero-order valence-electron chi connectivity index (χ0n) is 20.3. The summed E-state index contributed by atoms with van der Waals surface area (Å²) in [6.45, 7) is 3.92. The molecule has 180 valence electrons. The molecule has 0 radical (unpaired) electrons. The first-order chi connectivity index (χ1) is 15.6. The van der Waals surface area contributed by atoms with Crippen LogP contribution in [0.5, 0.6) is 0 Å². The van der Waals surface area contributed by atoms with Gasteiger partial charge in [0.2, 0.25) is 0 Å². The van der Waals surface area contributed by atoms with Gasteiger partial charge in [-0.3, -0.25) is 9.59 Å². The standard InChI is InChI=1S/C28H44O4/c1-27(29)31-25-23-21-19-17-15-13-11-9-7-5-3-4-6-8-10-12-14-16-18-20-22-24-26-32-28(2)30/h3-4,9-12,17-20H,5-8,13-16,21-26H2,1-2H3/b4-3-,11-9-,12-10-,19-17-,20-18-. The molecule has 0 spiro atoms. The normalized spacial score (nSPS) is 12.2. The molecule has 0 aromatic carbocycles. The van der Waals surface area contributed by atoms with Crippen LogP contribution in [0.4, 0.5) is 0 Å². The summed E-state index contributed by atoms with van der Waals surface area (Å²) in [5.41, 5.74) is 0. The highest BCUT2D eigenvalue weighted by Gasteiger charge is 1.91. The van der Waals surface area contributed by atoms with Crippen LogP contribution in [0.15, 0.2) is 60.8 Å². The summed E-state index contributed by atoms with van der Waals surface area (Å²) < 4.78 is 9.78. The molecule has 0 saturated carbocycles. The van der Waals surface area contributed by atoms with Crippen LogP contribution in [0.25, 0.3) is 0 Å². The number of allylic oxidation sites excluding steroid dienone is 10. The summed E-state index contributed by atoms with van der Waals surface area (Å²) in [5.74, 6) is -0.402. The zero-order valence-corrected chi connectivity index (χ0v) is 20.3. The van der Waals surface area contributed by atoms with Gasteiger partial charge >= 0.3 is 11.9 Å². The highest BCUT2D eigenvalue weighted by Crippen LogP contribution is 2.02. The summed E-state index contributed by atoms with van der Waals surface area (Å²) in [5, 5.41) is 0. The lowest BCUT2D eigenvalue weighted by molar-refractivity contribution is -0.142. The van der Waals surface area contributed by atoms with Gasteiger partial charge in [-0.2, -0.15) is 0 Å². The van der Waals surface area contributed by atoms with Gasteiger partial charge in [0.15, 0.2) is 0 Å². The van der Waals surface area contributed by atoms with Crippen molar-refractivity contribution in [1.29, 1.82) is 0 Å².